The van der Waals surface area contributed by atoms with Gasteiger partial charge in [0.1, 0.15) is 5.15 Å². The van der Waals surface area contributed by atoms with E-state index in [1.807, 2.05) is 20.2 Å². The highest BCUT2D eigenvalue weighted by Crippen LogP contribution is 2.30. The fourth-order valence-electron chi connectivity index (χ4n) is 2.14. The van der Waals surface area contributed by atoms with E-state index >= 15 is 0 Å². The topological polar surface area (TPSA) is 28.2 Å². The average Bonchev–Trinajstić information content (AvgIpc) is 2.70. The van der Waals surface area contributed by atoms with E-state index in [1.165, 1.54) is 18.4 Å². The van der Waals surface area contributed by atoms with Gasteiger partial charge in [-0.2, -0.15) is 0 Å². The summed E-state index contributed by atoms with van der Waals surface area (Å²) >= 11 is 5.92. The second-order valence-electron chi connectivity index (χ2n) is 3.95. The third kappa shape index (κ3) is 3.70. The van der Waals surface area contributed by atoms with Gasteiger partial charge < -0.3 is 0 Å². The highest BCUT2D eigenvalue weighted by Gasteiger charge is 2.25. The van der Waals surface area contributed by atoms with Crippen molar-refractivity contribution in [2.24, 2.45) is 0 Å². The molecular formula is C11H18Cl3N3. The average molecular weight is 299 g/mol. The molecule has 0 unspecified atom stereocenters. The molecule has 1 aromatic heterocycles. The van der Waals surface area contributed by atoms with E-state index < -0.39 is 0 Å². The Balaban J connectivity index is 0.00000128. The Morgan fingerprint density at radius 3 is 2.76 bits per heavy atom. The molecule has 98 valence electrons. The predicted octanol–water partition coefficient (Wildman–Crippen LogP) is 3.16. The van der Waals surface area contributed by atoms with Crippen LogP contribution in [0.3, 0.4) is 0 Å². The molecule has 2 rings (SSSR count). The van der Waals surface area contributed by atoms with Crippen LogP contribution in [-0.4, -0.2) is 23.6 Å². The van der Waals surface area contributed by atoms with Crippen LogP contribution in [0.15, 0.2) is 12.3 Å². The van der Waals surface area contributed by atoms with Gasteiger partial charge in [-0.25, -0.2) is 9.99 Å². The second kappa shape index (κ2) is 7.39. The predicted molar refractivity (Wildman–Crippen MR) is 76.2 cm³/mol. The molecule has 0 saturated carbocycles. The van der Waals surface area contributed by atoms with E-state index in [-0.39, 0.29) is 24.8 Å². The molecule has 0 spiro atoms. The largest absolute Gasteiger partial charge is 0.258 e. The molecule has 1 aromatic rings. The lowest BCUT2D eigenvalue weighted by Gasteiger charge is -2.23. The van der Waals surface area contributed by atoms with Crippen molar-refractivity contribution < 1.29 is 0 Å². The molecule has 1 N–H and O–H groups in total. The SMILES string of the molecule is CNN1CCC[C@@H]1c1cnc(Cl)c(C)c1.Cl.Cl. The molecule has 2 heterocycles. The van der Waals surface area contributed by atoms with Crippen molar-refractivity contribution in [1.82, 2.24) is 15.4 Å². The fraction of sp³-hybridized carbons (Fsp3) is 0.545. The third-order valence-corrected chi connectivity index (χ3v) is 3.36. The molecule has 0 radical (unpaired) electrons. The third-order valence-electron chi connectivity index (χ3n) is 2.96. The number of nitrogens with zero attached hydrogens (tertiary/aromatic N) is 2. The van der Waals surface area contributed by atoms with E-state index in [0.717, 1.165) is 12.1 Å². The van der Waals surface area contributed by atoms with Crippen molar-refractivity contribution in [3.05, 3.63) is 28.5 Å². The van der Waals surface area contributed by atoms with Crippen molar-refractivity contribution in [3.8, 4) is 0 Å². The molecule has 0 bridgehead atoms. The first kappa shape index (κ1) is 16.9. The minimum Gasteiger partial charge on any atom is -0.258 e. The zero-order valence-electron chi connectivity index (χ0n) is 9.94. The summed E-state index contributed by atoms with van der Waals surface area (Å²) in [4.78, 5) is 4.20. The molecule has 0 amide bonds. The molecular weight excluding hydrogens is 281 g/mol. The van der Waals surface area contributed by atoms with Gasteiger partial charge in [-0.05, 0) is 44.0 Å². The number of pyridine rings is 1. The Morgan fingerprint density at radius 2 is 2.18 bits per heavy atom. The molecule has 6 heteroatoms. The fourth-order valence-corrected chi connectivity index (χ4v) is 2.25. The first-order chi connectivity index (χ1) is 7.22. The van der Waals surface area contributed by atoms with E-state index in [1.54, 1.807) is 0 Å². The van der Waals surface area contributed by atoms with Gasteiger partial charge in [0.25, 0.3) is 0 Å². The number of aromatic nitrogens is 1. The number of rotatable bonds is 2. The summed E-state index contributed by atoms with van der Waals surface area (Å²) < 4.78 is 0. The first-order valence-electron chi connectivity index (χ1n) is 5.28. The number of halogens is 3. The molecule has 1 saturated heterocycles. The summed E-state index contributed by atoms with van der Waals surface area (Å²) in [5.74, 6) is 0. The zero-order chi connectivity index (χ0) is 10.8. The van der Waals surface area contributed by atoms with Crippen molar-refractivity contribution in [3.63, 3.8) is 0 Å². The Bertz CT molecular complexity index is 360. The van der Waals surface area contributed by atoms with Gasteiger partial charge in [0.15, 0.2) is 0 Å². The van der Waals surface area contributed by atoms with Crippen LogP contribution in [0, 0.1) is 6.92 Å². The van der Waals surface area contributed by atoms with Crippen LogP contribution in [0.1, 0.15) is 30.0 Å². The lowest BCUT2D eigenvalue weighted by molar-refractivity contribution is 0.190. The molecule has 1 fully saturated rings. The molecule has 1 aliphatic heterocycles. The molecule has 0 aromatic carbocycles. The summed E-state index contributed by atoms with van der Waals surface area (Å²) in [6.45, 7) is 3.10. The van der Waals surface area contributed by atoms with E-state index in [9.17, 15) is 0 Å². The minimum absolute atomic E-state index is 0. The van der Waals surface area contributed by atoms with Crippen molar-refractivity contribution in [1.29, 1.82) is 0 Å². The normalized spacial score (nSPS) is 19.6. The van der Waals surface area contributed by atoms with Gasteiger partial charge in [-0.1, -0.05) is 11.6 Å². The molecule has 1 aliphatic rings. The lowest BCUT2D eigenvalue weighted by atomic mass is 10.1. The maximum absolute atomic E-state index is 5.92. The minimum atomic E-state index is 0. The van der Waals surface area contributed by atoms with Crippen molar-refractivity contribution in [2.45, 2.75) is 25.8 Å². The van der Waals surface area contributed by atoms with Gasteiger partial charge in [0.05, 0.1) is 6.04 Å². The van der Waals surface area contributed by atoms with Gasteiger partial charge in [-0.15, -0.1) is 24.8 Å². The van der Waals surface area contributed by atoms with Crippen LogP contribution in [0.2, 0.25) is 5.15 Å². The Morgan fingerprint density at radius 1 is 1.47 bits per heavy atom. The van der Waals surface area contributed by atoms with Gasteiger partial charge >= 0.3 is 0 Å². The van der Waals surface area contributed by atoms with Crippen LogP contribution >= 0.6 is 36.4 Å². The number of hydrogen-bond donors (Lipinski definition) is 1. The van der Waals surface area contributed by atoms with Gasteiger partial charge in [0.2, 0.25) is 0 Å². The van der Waals surface area contributed by atoms with Crippen LogP contribution < -0.4 is 5.43 Å². The monoisotopic (exact) mass is 297 g/mol. The van der Waals surface area contributed by atoms with Crippen LogP contribution in [0.4, 0.5) is 0 Å². The number of hydrogen-bond acceptors (Lipinski definition) is 3. The van der Waals surface area contributed by atoms with Crippen LogP contribution in [0.25, 0.3) is 0 Å². The second-order valence-corrected chi connectivity index (χ2v) is 4.31. The standard InChI is InChI=1S/C11H16ClN3.2ClH/c1-8-6-9(7-14-11(8)12)10-4-3-5-15(10)13-2;;/h6-7,10,13H,3-5H2,1-2H3;2*1H/t10-;;/m1../s1. The van der Waals surface area contributed by atoms with Crippen LogP contribution in [-0.2, 0) is 0 Å². The maximum Gasteiger partial charge on any atom is 0.131 e. The Kier molecular flexibility index (Phi) is 7.37. The van der Waals surface area contributed by atoms with E-state index in [0.29, 0.717) is 11.2 Å². The van der Waals surface area contributed by atoms with Gasteiger partial charge in [0, 0.05) is 12.7 Å². The summed E-state index contributed by atoms with van der Waals surface area (Å²) in [5.41, 5.74) is 5.53. The quantitative estimate of drug-likeness (QED) is 0.850. The van der Waals surface area contributed by atoms with E-state index in [4.69, 9.17) is 11.6 Å². The summed E-state index contributed by atoms with van der Waals surface area (Å²) in [6, 6.07) is 2.58. The zero-order valence-corrected chi connectivity index (χ0v) is 12.3. The lowest BCUT2D eigenvalue weighted by Crippen LogP contribution is -2.34. The maximum atomic E-state index is 5.92. The number of hydrazine groups is 1. The molecule has 3 nitrogen and oxygen atoms in total. The summed E-state index contributed by atoms with van der Waals surface area (Å²) in [5, 5.41) is 2.86. The summed E-state index contributed by atoms with van der Waals surface area (Å²) in [6.07, 6.45) is 4.30. The van der Waals surface area contributed by atoms with Gasteiger partial charge in [-0.3, -0.25) is 5.43 Å². The summed E-state index contributed by atoms with van der Waals surface area (Å²) in [7, 11) is 1.97. The van der Waals surface area contributed by atoms with Crippen molar-refractivity contribution in [2.75, 3.05) is 13.6 Å². The number of nitrogens with one attached hydrogen (secondary N) is 1. The Labute approximate surface area is 120 Å². The van der Waals surface area contributed by atoms with E-state index in [2.05, 4.69) is 21.5 Å². The Hall–Kier alpha value is -0.0600. The highest BCUT2D eigenvalue weighted by atomic mass is 35.5. The van der Waals surface area contributed by atoms with Crippen molar-refractivity contribution >= 4 is 36.4 Å². The molecule has 17 heavy (non-hydrogen) atoms. The highest BCUT2D eigenvalue weighted by molar-refractivity contribution is 6.30. The molecule has 1 atom stereocenters. The van der Waals surface area contributed by atoms with Crippen LogP contribution in [0.5, 0.6) is 0 Å². The molecule has 0 aliphatic carbocycles. The number of aryl methyl sites for hydroxylation is 1. The smallest absolute Gasteiger partial charge is 0.131 e. The first-order valence-corrected chi connectivity index (χ1v) is 5.66.